The number of aromatic amines is 1. The Morgan fingerprint density at radius 1 is 0.929 bits per heavy atom. The van der Waals surface area contributed by atoms with Crippen LogP contribution in [-0.4, -0.2) is 50.9 Å². The first kappa shape index (κ1) is 18.4. The van der Waals surface area contributed by atoms with Crippen molar-refractivity contribution in [3.63, 3.8) is 0 Å². The van der Waals surface area contributed by atoms with Gasteiger partial charge in [0, 0.05) is 23.4 Å². The van der Waals surface area contributed by atoms with Crippen LogP contribution < -0.4 is 0 Å². The SMILES string of the molecule is CS(=O)(=O)c1ccc2c(c1)C(=O)C(c1[nH]c3ccc(S(C)(=O)=O)cc3c1O)=N2. The zero-order valence-corrected chi connectivity index (χ0v) is 16.3. The molecule has 2 N–H and O–H groups in total. The van der Waals surface area contributed by atoms with Crippen LogP contribution in [0.1, 0.15) is 16.1 Å². The maximum Gasteiger partial charge on any atom is 0.215 e. The lowest BCUT2D eigenvalue weighted by molar-refractivity contribution is 0.106. The van der Waals surface area contributed by atoms with E-state index < -0.39 is 25.5 Å². The minimum Gasteiger partial charge on any atom is -0.505 e. The molecule has 0 spiro atoms. The molecule has 28 heavy (non-hydrogen) atoms. The summed E-state index contributed by atoms with van der Waals surface area (Å²) < 4.78 is 47.0. The van der Waals surface area contributed by atoms with E-state index in [1.165, 1.54) is 36.4 Å². The number of H-pyrrole nitrogens is 1. The van der Waals surface area contributed by atoms with Crippen molar-refractivity contribution in [1.29, 1.82) is 0 Å². The number of rotatable bonds is 3. The first-order chi connectivity index (χ1) is 13.0. The fraction of sp³-hybridized carbons (Fsp3) is 0.111. The normalized spacial score (nSPS) is 14.4. The van der Waals surface area contributed by atoms with Crippen LogP contribution in [0.2, 0.25) is 0 Å². The molecule has 10 heteroatoms. The van der Waals surface area contributed by atoms with E-state index in [0.717, 1.165) is 12.5 Å². The molecule has 2 aromatic carbocycles. The number of sulfone groups is 2. The molecule has 1 aliphatic heterocycles. The van der Waals surface area contributed by atoms with Gasteiger partial charge < -0.3 is 10.1 Å². The number of aromatic hydroxyl groups is 1. The Hall–Kier alpha value is -2.98. The predicted octanol–water partition coefficient (Wildman–Crippen LogP) is 2.00. The molecule has 0 radical (unpaired) electrons. The van der Waals surface area contributed by atoms with Gasteiger partial charge in [-0.05, 0) is 36.4 Å². The molecular formula is C18H14N2O6S2. The summed E-state index contributed by atoms with van der Waals surface area (Å²) in [6.07, 6.45) is 2.10. The highest BCUT2D eigenvalue weighted by atomic mass is 32.2. The third-order valence-electron chi connectivity index (χ3n) is 4.50. The summed E-state index contributed by atoms with van der Waals surface area (Å²) in [5, 5.41) is 10.8. The van der Waals surface area contributed by atoms with Crippen LogP contribution >= 0.6 is 0 Å². The minimum atomic E-state index is -3.49. The van der Waals surface area contributed by atoms with Crippen molar-refractivity contribution < 1.29 is 26.7 Å². The summed E-state index contributed by atoms with van der Waals surface area (Å²) in [6.45, 7) is 0. The van der Waals surface area contributed by atoms with Crippen LogP contribution in [0.4, 0.5) is 5.69 Å². The Morgan fingerprint density at radius 2 is 1.54 bits per heavy atom. The number of nitrogens with zero attached hydrogens (tertiary/aromatic N) is 1. The second-order valence-corrected chi connectivity index (χ2v) is 10.6. The third kappa shape index (κ3) is 2.81. The van der Waals surface area contributed by atoms with E-state index in [9.17, 15) is 26.7 Å². The van der Waals surface area contributed by atoms with Crippen LogP contribution in [0.15, 0.2) is 51.2 Å². The molecule has 0 saturated heterocycles. The summed E-state index contributed by atoms with van der Waals surface area (Å²) in [6, 6.07) is 8.24. The van der Waals surface area contributed by atoms with E-state index in [0.29, 0.717) is 11.2 Å². The molecule has 3 aromatic rings. The molecule has 0 bridgehead atoms. The van der Waals surface area contributed by atoms with E-state index in [1.54, 1.807) is 0 Å². The summed E-state index contributed by atoms with van der Waals surface area (Å²) >= 11 is 0. The number of aliphatic imine (C=N–C) groups is 1. The highest BCUT2D eigenvalue weighted by molar-refractivity contribution is 7.91. The lowest BCUT2D eigenvalue weighted by Crippen LogP contribution is -2.12. The lowest BCUT2D eigenvalue weighted by Gasteiger charge is -2.01. The zero-order valence-electron chi connectivity index (χ0n) is 14.7. The number of hydrogen-bond donors (Lipinski definition) is 2. The Morgan fingerprint density at radius 3 is 2.18 bits per heavy atom. The van der Waals surface area contributed by atoms with Gasteiger partial charge in [0.15, 0.2) is 25.4 Å². The summed E-state index contributed by atoms with van der Waals surface area (Å²) in [7, 11) is -6.97. The Balaban J connectivity index is 1.85. The molecule has 2 heterocycles. The second-order valence-electron chi connectivity index (χ2n) is 6.57. The summed E-state index contributed by atoms with van der Waals surface area (Å²) in [5.41, 5.74) is 0.816. The maximum absolute atomic E-state index is 12.8. The van der Waals surface area contributed by atoms with Crippen LogP contribution in [0.5, 0.6) is 5.75 Å². The van der Waals surface area contributed by atoms with Crippen molar-refractivity contribution in [2.45, 2.75) is 9.79 Å². The van der Waals surface area contributed by atoms with E-state index in [-0.39, 0.29) is 37.9 Å². The number of fused-ring (bicyclic) bond motifs is 2. The quantitative estimate of drug-likeness (QED) is 0.668. The van der Waals surface area contributed by atoms with Crippen LogP contribution in [0.3, 0.4) is 0 Å². The molecule has 0 unspecified atom stereocenters. The van der Waals surface area contributed by atoms with Gasteiger partial charge in [-0.1, -0.05) is 0 Å². The topological polar surface area (TPSA) is 134 Å². The van der Waals surface area contributed by atoms with Crippen molar-refractivity contribution in [3.05, 3.63) is 47.7 Å². The first-order valence-electron chi connectivity index (χ1n) is 7.99. The lowest BCUT2D eigenvalue weighted by atomic mass is 10.1. The fourth-order valence-corrected chi connectivity index (χ4v) is 4.35. The van der Waals surface area contributed by atoms with Crippen LogP contribution in [0, 0.1) is 0 Å². The minimum absolute atomic E-state index is 0.00490. The number of benzene rings is 2. The van der Waals surface area contributed by atoms with Gasteiger partial charge in [-0.2, -0.15) is 0 Å². The molecular weight excluding hydrogens is 404 g/mol. The van der Waals surface area contributed by atoms with E-state index in [2.05, 4.69) is 9.98 Å². The van der Waals surface area contributed by atoms with E-state index >= 15 is 0 Å². The average Bonchev–Trinajstić information content (AvgIpc) is 3.10. The first-order valence-corrected chi connectivity index (χ1v) is 11.8. The predicted molar refractivity (Wildman–Crippen MR) is 103 cm³/mol. The molecule has 144 valence electrons. The van der Waals surface area contributed by atoms with Gasteiger partial charge in [0.25, 0.3) is 0 Å². The van der Waals surface area contributed by atoms with Gasteiger partial charge in [0.05, 0.1) is 21.0 Å². The Kier molecular flexibility index (Phi) is 3.78. The molecule has 0 aliphatic carbocycles. The number of hydrogen-bond acceptors (Lipinski definition) is 7. The van der Waals surface area contributed by atoms with Crippen molar-refractivity contribution in [3.8, 4) is 5.75 Å². The summed E-state index contributed by atoms with van der Waals surface area (Å²) in [5.74, 6) is -0.838. The maximum atomic E-state index is 12.8. The molecule has 0 atom stereocenters. The van der Waals surface area contributed by atoms with E-state index in [4.69, 9.17) is 0 Å². The molecule has 1 aliphatic rings. The van der Waals surface area contributed by atoms with E-state index in [1.807, 2.05) is 0 Å². The Bertz CT molecular complexity index is 1430. The number of nitrogens with one attached hydrogen (secondary N) is 1. The molecule has 0 fully saturated rings. The van der Waals surface area contributed by atoms with Crippen molar-refractivity contribution in [1.82, 2.24) is 4.98 Å². The summed E-state index contributed by atoms with van der Waals surface area (Å²) in [4.78, 5) is 19.9. The van der Waals surface area contributed by atoms with Gasteiger partial charge in [-0.15, -0.1) is 0 Å². The number of carbonyl (C=O) groups excluding carboxylic acids is 1. The van der Waals surface area contributed by atoms with Crippen LogP contribution in [-0.2, 0) is 19.7 Å². The van der Waals surface area contributed by atoms with Crippen molar-refractivity contribution in [2.75, 3.05) is 12.5 Å². The van der Waals surface area contributed by atoms with Crippen LogP contribution in [0.25, 0.3) is 10.9 Å². The molecule has 4 rings (SSSR count). The molecule has 0 amide bonds. The number of aromatic nitrogens is 1. The average molecular weight is 418 g/mol. The number of carbonyl (C=O) groups is 1. The van der Waals surface area contributed by atoms with Gasteiger partial charge in [0.2, 0.25) is 5.78 Å². The Labute approximate surface area is 160 Å². The van der Waals surface area contributed by atoms with Gasteiger partial charge >= 0.3 is 0 Å². The highest BCUT2D eigenvalue weighted by Gasteiger charge is 2.31. The largest absolute Gasteiger partial charge is 0.505 e. The van der Waals surface area contributed by atoms with Gasteiger partial charge in [0.1, 0.15) is 11.4 Å². The number of ketones is 1. The van der Waals surface area contributed by atoms with Gasteiger partial charge in [-0.3, -0.25) is 4.79 Å². The zero-order chi connectivity index (χ0) is 20.4. The van der Waals surface area contributed by atoms with Crippen molar-refractivity contribution in [2.24, 2.45) is 4.99 Å². The molecule has 0 saturated carbocycles. The molecule has 8 nitrogen and oxygen atoms in total. The number of Topliss-reactive ketones (excluding diaryl/α,β-unsaturated/α-hetero) is 1. The van der Waals surface area contributed by atoms with Crippen molar-refractivity contribution >= 4 is 47.8 Å². The highest BCUT2D eigenvalue weighted by Crippen LogP contribution is 2.36. The standard InChI is InChI=1S/C18H14N2O6S2/c1-27(23,24)9-3-5-13-11(7-9)17(21)15(19-13)16-18(22)12-8-10(28(2,25)26)4-6-14(12)20-16/h3-8,19,21H,1-2H3. The van der Waals surface area contributed by atoms with Gasteiger partial charge in [-0.25, -0.2) is 21.8 Å². The monoisotopic (exact) mass is 418 g/mol. The fourth-order valence-electron chi connectivity index (χ4n) is 3.05. The smallest absolute Gasteiger partial charge is 0.215 e. The second kappa shape index (κ2) is 5.76. The third-order valence-corrected chi connectivity index (χ3v) is 6.72. The molecule has 1 aromatic heterocycles.